The fourth-order valence-corrected chi connectivity index (χ4v) is 3.24. The lowest BCUT2D eigenvalue weighted by molar-refractivity contribution is 0.643. The molecule has 0 saturated carbocycles. The Hall–Kier alpha value is -1.61. The lowest BCUT2D eigenvalue weighted by atomic mass is 9.92. The Bertz CT molecular complexity index is 653. The minimum absolute atomic E-state index is 0.660. The molecule has 0 saturated heterocycles. The van der Waals surface area contributed by atoms with Crippen molar-refractivity contribution in [3.8, 4) is 11.1 Å². The number of fused-ring (bicyclic) bond motifs is 1. The van der Waals surface area contributed by atoms with Crippen molar-refractivity contribution in [2.24, 2.45) is 5.73 Å². The number of nitrogens with two attached hydrogens (primary N) is 1. The van der Waals surface area contributed by atoms with Crippen LogP contribution < -0.4 is 5.73 Å². The fourth-order valence-electron chi connectivity index (χ4n) is 3.24. The summed E-state index contributed by atoms with van der Waals surface area (Å²) in [5, 5.41) is 4.79. The SMILES string of the molecule is Cc1cc(C)c(-c2c(CCN)nn3c2CCC3)cc1C. The summed E-state index contributed by atoms with van der Waals surface area (Å²) >= 11 is 0. The molecular weight excluding hydrogens is 246 g/mol. The quantitative estimate of drug-likeness (QED) is 0.931. The van der Waals surface area contributed by atoms with Crippen LogP contribution in [0.4, 0.5) is 0 Å². The van der Waals surface area contributed by atoms with Gasteiger partial charge in [-0.1, -0.05) is 12.1 Å². The van der Waals surface area contributed by atoms with Crippen LogP contribution in [0.2, 0.25) is 0 Å². The highest BCUT2D eigenvalue weighted by molar-refractivity contribution is 5.73. The van der Waals surface area contributed by atoms with Gasteiger partial charge in [-0.15, -0.1) is 0 Å². The summed E-state index contributed by atoms with van der Waals surface area (Å²) in [6.07, 6.45) is 3.21. The average Bonchev–Trinajstić information content (AvgIpc) is 2.95. The fraction of sp³-hybridized carbons (Fsp3) is 0.471. The first-order valence-electron chi connectivity index (χ1n) is 7.48. The topological polar surface area (TPSA) is 43.8 Å². The molecule has 0 radical (unpaired) electrons. The third kappa shape index (κ3) is 2.06. The van der Waals surface area contributed by atoms with E-state index in [0.717, 1.165) is 19.4 Å². The number of hydrogen-bond acceptors (Lipinski definition) is 2. The van der Waals surface area contributed by atoms with Gasteiger partial charge in [0.25, 0.3) is 0 Å². The molecule has 3 rings (SSSR count). The minimum Gasteiger partial charge on any atom is -0.330 e. The molecule has 2 heterocycles. The lowest BCUT2D eigenvalue weighted by Crippen LogP contribution is -2.05. The second-order valence-corrected chi connectivity index (χ2v) is 5.89. The molecule has 2 aromatic rings. The van der Waals surface area contributed by atoms with Gasteiger partial charge in [-0.05, 0) is 62.4 Å². The van der Waals surface area contributed by atoms with Crippen LogP contribution >= 0.6 is 0 Å². The predicted octanol–water partition coefficient (Wildman–Crippen LogP) is 2.92. The normalized spacial score (nSPS) is 13.8. The van der Waals surface area contributed by atoms with Crippen molar-refractivity contribution in [1.82, 2.24) is 9.78 Å². The third-order valence-electron chi connectivity index (χ3n) is 4.40. The van der Waals surface area contributed by atoms with Crippen molar-refractivity contribution < 1.29 is 0 Å². The molecule has 3 nitrogen and oxygen atoms in total. The number of aryl methyl sites for hydroxylation is 4. The van der Waals surface area contributed by atoms with Gasteiger partial charge >= 0.3 is 0 Å². The van der Waals surface area contributed by atoms with Gasteiger partial charge in [0.1, 0.15) is 0 Å². The molecule has 0 fully saturated rings. The molecule has 0 spiro atoms. The zero-order valence-electron chi connectivity index (χ0n) is 12.7. The maximum absolute atomic E-state index is 5.77. The molecule has 3 heteroatoms. The Labute approximate surface area is 120 Å². The van der Waals surface area contributed by atoms with E-state index < -0.39 is 0 Å². The van der Waals surface area contributed by atoms with Crippen molar-refractivity contribution >= 4 is 0 Å². The number of nitrogens with zero attached hydrogens (tertiary/aromatic N) is 2. The van der Waals surface area contributed by atoms with Crippen LogP contribution in [-0.2, 0) is 19.4 Å². The van der Waals surface area contributed by atoms with Crippen molar-refractivity contribution in [1.29, 1.82) is 0 Å². The second kappa shape index (κ2) is 5.06. The summed E-state index contributed by atoms with van der Waals surface area (Å²) < 4.78 is 2.19. The minimum atomic E-state index is 0.660. The molecule has 1 aliphatic rings. The summed E-state index contributed by atoms with van der Waals surface area (Å²) in [4.78, 5) is 0. The molecule has 0 atom stereocenters. The second-order valence-electron chi connectivity index (χ2n) is 5.89. The molecule has 0 bridgehead atoms. The van der Waals surface area contributed by atoms with E-state index in [-0.39, 0.29) is 0 Å². The monoisotopic (exact) mass is 269 g/mol. The summed E-state index contributed by atoms with van der Waals surface area (Å²) in [5.74, 6) is 0. The van der Waals surface area contributed by atoms with Crippen LogP contribution in [0.3, 0.4) is 0 Å². The molecule has 1 aliphatic heterocycles. The zero-order valence-corrected chi connectivity index (χ0v) is 12.7. The number of rotatable bonds is 3. The first kappa shape index (κ1) is 13.4. The first-order chi connectivity index (χ1) is 9.61. The molecule has 0 amide bonds. The summed E-state index contributed by atoms with van der Waals surface area (Å²) in [5.41, 5.74) is 15.1. The molecule has 0 unspecified atom stereocenters. The highest BCUT2D eigenvalue weighted by Crippen LogP contribution is 2.35. The lowest BCUT2D eigenvalue weighted by Gasteiger charge is -2.11. The highest BCUT2D eigenvalue weighted by Gasteiger charge is 2.23. The van der Waals surface area contributed by atoms with Crippen LogP contribution in [0.5, 0.6) is 0 Å². The van der Waals surface area contributed by atoms with Crippen LogP contribution in [0, 0.1) is 20.8 Å². The van der Waals surface area contributed by atoms with E-state index in [1.165, 1.54) is 45.6 Å². The van der Waals surface area contributed by atoms with E-state index in [0.29, 0.717) is 6.54 Å². The maximum Gasteiger partial charge on any atom is 0.0718 e. The van der Waals surface area contributed by atoms with Gasteiger partial charge in [0.15, 0.2) is 0 Å². The Balaban J connectivity index is 2.21. The molecule has 106 valence electrons. The van der Waals surface area contributed by atoms with E-state index in [9.17, 15) is 0 Å². The number of aromatic nitrogens is 2. The number of hydrogen-bond donors (Lipinski definition) is 1. The van der Waals surface area contributed by atoms with Crippen molar-refractivity contribution in [2.75, 3.05) is 6.54 Å². The van der Waals surface area contributed by atoms with E-state index in [4.69, 9.17) is 10.8 Å². The Kier molecular flexibility index (Phi) is 3.38. The van der Waals surface area contributed by atoms with Gasteiger partial charge in [-0.3, -0.25) is 4.68 Å². The van der Waals surface area contributed by atoms with Gasteiger partial charge in [0.05, 0.1) is 5.69 Å². The molecular formula is C17H23N3. The zero-order chi connectivity index (χ0) is 14.3. The van der Waals surface area contributed by atoms with E-state index in [2.05, 4.69) is 37.6 Å². The van der Waals surface area contributed by atoms with Crippen LogP contribution in [-0.4, -0.2) is 16.3 Å². The van der Waals surface area contributed by atoms with E-state index in [1.54, 1.807) is 0 Å². The molecule has 1 aromatic heterocycles. The molecule has 1 aromatic carbocycles. The van der Waals surface area contributed by atoms with E-state index in [1.807, 2.05) is 0 Å². The Morgan fingerprint density at radius 3 is 2.65 bits per heavy atom. The third-order valence-corrected chi connectivity index (χ3v) is 4.40. The standard InChI is InChI=1S/C17H23N3/c1-11-9-13(3)14(10-12(11)2)17-15(6-7-18)19-20-8-4-5-16(17)20/h9-10H,4-8,18H2,1-3H3. The summed E-state index contributed by atoms with van der Waals surface area (Å²) in [6, 6.07) is 4.61. The van der Waals surface area contributed by atoms with Crippen molar-refractivity contribution in [2.45, 2.75) is 46.6 Å². The van der Waals surface area contributed by atoms with Gasteiger partial charge in [0, 0.05) is 24.2 Å². The highest BCUT2D eigenvalue weighted by atomic mass is 15.3. The molecule has 0 aliphatic carbocycles. The van der Waals surface area contributed by atoms with Crippen LogP contribution in [0.15, 0.2) is 12.1 Å². The van der Waals surface area contributed by atoms with Gasteiger partial charge in [-0.25, -0.2) is 0 Å². The average molecular weight is 269 g/mol. The van der Waals surface area contributed by atoms with Crippen molar-refractivity contribution in [3.63, 3.8) is 0 Å². The number of benzene rings is 1. The first-order valence-corrected chi connectivity index (χ1v) is 7.48. The molecule has 2 N–H and O–H groups in total. The summed E-state index contributed by atoms with van der Waals surface area (Å²) in [6.45, 7) is 8.27. The van der Waals surface area contributed by atoms with E-state index >= 15 is 0 Å². The van der Waals surface area contributed by atoms with Gasteiger partial charge in [0.2, 0.25) is 0 Å². The largest absolute Gasteiger partial charge is 0.330 e. The maximum atomic E-state index is 5.77. The van der Waals surface area contributed by atoms with Crippen LogP contribution in [0.25, 0.3) is 11.1 Å². The van der Waals surface area contributed by atoms with Gasteiger partial charge < -0.3 is 5.73 Å². The predicted molar refractivity (Wildman–Crippen MR) is 83.0 cm³/mol. The Morgan fingerprint density at radius 1 is 1.15 bits per heavy atom. The summed E-state index contributed by atoms with van der Waals surface area (Å²) in [7, 11) is 0. The smallest absolute Gasteiger partial charge is 0.0718 e. The Morgan fingerprint density at radius 2 is 1.90 bits per heavy atom. The van der Waals surface area contributed by atoms with Crippen molar-refractivity contribution in [3.05, 3.63) is 40.2 Å². The molecule has 20 heavy (non-hydrogen) atoms. The van der Waals surface area contributed by atoms with Gasteiger partial charge in [-0.2, -0.15) is 5.10 Å². The van der Waals surface area contributed by atoms with Crippen LogP contribution in [0.1, 0.15) is 34.5 Å².